The smallest absolute Gasteiger partial charge is 0.340 e. The number of ether oxygens (including phenoxy) is 3. The fourth-order valence-corrected chi connectivity index (χ4v) is 3.43. The first-order chi connectivity index (χ1) is 14.9. The minimum atomic E-state index is -0.593. The van der Waals surface area contributed by atoms with Gasteiger partial charge in [0, 0.05) is 45.4 Å². The first-order valence-corrected chi connectivity index (χ1v) is 9.64. The number of esters is 1. The van der Waals surface area contributed by atoms with Crippen molar-refractivity contribution in [3.63, 3.8) is 0 Å². The zero-order valence-electron chi connectivity index (χ0n) is 17.2. The molecule has 2 aromatic rings. The molecule has 0 bridgehead atoms. The number of piperazine rings is 1. The van der Waals surface area contributed by atoms with Crippen molar-refractivity contribution in [2.45, 2.75) is 0 Å². The summed E-state index contributed by atoms with van der Waals surface area (Å²) in [5.74, 6) is -0.205. The number of nitrogens with one attached hydrogen (secondary N) is 1. The summed E-state index contributed by atoms with van der Waals surface area (Å²) in [7, 11) is 2.96. The second kappa shape index (κ2) is 8.60. The second-order valence-electron chi connectivity index (χ2n) is 7.14. The number of carbonyl (C=O) groups is 3. The molecular weight excluding hydrogens is 408 g/mol. The quantitative estimate of drug-likeness (QED) is 0.637. The van der Waals surface area contributed by atoms with Gasteiger partial charge in [-0.2, -0.15) is 0 Å². The monoisotopic (exact) mass is 430 g/mol. The van der Waals surface area contributed by atoms with Crippen LogP contribution in [0.1, 0.15) is 20.8 Å². The van der Waals surface area contributed by atoms with Gasteiger partial charge in [0.15, 0.2) is 17.2 Å². The van der Waals surface area contributed by atoms with Crippen LogP contribution >= 0.6 is 0 Å². The summed E-state index contributed by atoms with van der Waals surface area (Å²) in [6.07, 6.45) is 1.58. The van der Waals surface area contributed by atoms with E-state index in [1.54, 1.807) is 24.2 Å². The van der Waals surface area contributed by atoms with Gasteiger partial charge >= 0.3 is 5.97 Å². The summed E-state index contributed by atoms with van der Waals surface area (Å²) in [4.78, 5) is 40.8. The predicted molar refractivity (Wildman–Crippen MR) is 106 cm³/mol. The van der Waals surface area contributed by atoms with E-state index in [-0.39, 0.29) is 36.4 Å². The maximum Gasteiger partial charge on any atom is 0.340 e. The molecule has 2 aliphatic heterocycles. The van der Waals surface area contributed by atoms with E-state index in [4.69, 9.17) is 14.2 Å². The first kappa shape index (κ1) is 20.6. The number of aromatic nitrogens is 3. The van der Waals surface area contributed by atoms with Gasteiger partial charge < -0.3 is 24.4 Å². The summed E-state index contributed by atoms with van der Waals surface area (Å²) >= 11 is 0. The number of hydrogen-bond acceptors (Lipinski definition) is 9. The molecule has 0 atom stereocenters. The molecular formula is C19H22N6O6. The number of amides is 2. The molecule has 1 aromatic carbocycles. The molecule has 4 rings (SSSR count). The van der Waals surface area contributed by atoms with E-state index in [1.807, 2.05) is 4.90 Å². The van der Waals surface area contributed by atoms with Crippen LogP contribution in [0.15, 0.2) is 18.3 Å². The lowest BCUT2D eigenvalue weighted by Crippen LogP contribution is -2.50. The van der Waals surface area contributed by atoms with Crippen molar-refractivity contribution < 1.29 is 28.6 Å². The Balaban J connectivity index is 1.35. The molecule has 0 aliphatic carbocycles. The summed E-state index contributed by atoms with van der Waals surface area (Å²) in [6.45, 7) is 2.17. The van der Waals surface area contributed by atoms with Gasteiger partial charge in [-0.25, -0.2) is 4.79 Å². The molecule has 2 amide bonds. The van der Waals surface area contributed by atoms with Crippen molar-refractivity contribution in [3.05, 3.63) is 29.6 Å². The Hall–Kier alpha value is -3.67. The van der Waals surface area contributed by atoms with Crippen LogP contribution in [0.2, 0.25) is 0 Å². The Morgan fingerprint density at radius 1 is 1.13 bits per heavy atom. The van der Waals surface area contributed by atoms with E-state index >= 15 is 0 Å². The summed E-state index contributed by atoms with van der Waals surface area (Å²) in [6, 6.07) is 3.03. The third kappa shape index (κ3) is 4.43. The first-order valence-electron chi connectivity index (χ1n) is 9.64. The third-order valence-electron chi connectivity index (χ3n) is 5.04. The van der Waals surface area contributed by atoms with Gasteiger partial charge in [-0.3, -0.25) is 19.2 Å². The average Bonchev–Trinajstić information content (AvgIpc) is 3.41. The Bertz CT molecular complexity index is 1010. The summed E-state index contributed by atoms with van der Waals surface area (Å²) in [5, 5.41) is 10.4. The number of fused-ring (bicyclic) bond motifs is 1. The lowest BCUT2D eigenvalue weighted by atomic mass is 10.1. The van der Waals surface area contributed by atoms with E-state index in [2.05, 4.69) is 15.6 Å². The van der Waals surface area contributed by atoms with Gasteiger partial charge in [-0.15, -0.1) is 5.10 Å². The SMILES string of the molecule is COC(=O)c1cc2c(cc1NC(=O)CN1CCN(C(=O)c3cn(C)nn3)CC1)OCO2. The third-order valence-corrected chi connectivity index (χ3v) is 5.04. The summed E-state index contributed by atoms with van der Waals surface area (Å²) < 4.78 is 16.9. The highest BCUT2D eigenvalue weighted by Gasteiger charge is 2.26. The van der Waals surface area contributed by atoms with Crippen LogP contribution < -0.4 is 14.8 Å². The molecule has 0 spiro atoms. The Morgan fingerprint density at radius 2 is 1.84 bits per heavy atom. The number of carbonyl (C=O) groups excluding carboxylic acids is 3. The molecule has 1 N–H and O–H groups in total. The molecule has 2 aliphatic rings. The highest BCUT2D eigenvalue weighted by molar-refractivity contribution is 6.02. The topological polar surface area (TPSA) is 128 Å². The molecule has 31 heavy (non-hydrogen) atoms. The number of hydrogen-bond donors (Lipinski definition) is 1. The highest BCUT2D eigenvalue weighted by Crippen LogP contribution is 2.37. The zero-order valence-corrected chi connectivity index (χ0v) is 17.2. The zero-order chi connectivity index (χ0) is 22.0. The number of nitrogens with zero attached hydrogens (tertiary/aromatic N) is 5. The van der Waals surface area contributed by atoms with E-state index in [1.165, 1.54) is 17.9 Å². The van der Waals surface area contributed by atoms with Crippen molar-refractivity contribution >= 4 is 23.5 Å². The number of benzene rings is 1. The van der Waals surface area contributed by atoms with Gasteiger partial charge in [0.05, 0.1) is 31.1 Å². The van der Waals surface area contributed by atoms with Crippen molar-refractivity contribution in [2.24, 2.45) is 7.05 Å². The van der Waals surface area contributed by atoms with Crippen molar-refractivity contribution in [1.29, 1.82) is 0 Å². The van der Waals surface area contributed by atoms with Crippen LogP contribution in [0.3, 0.4) is 0 Å². The minimum Gasteiger partial charge on any atom is -0.465 e. The highest BCUT2D eigenvalue weighted by atomic mass is 16.7. The molecule has 0 saturated carbocycles. The Kier molecular flexibility index (Phi) is 5.71. The molecule has 1 fully saturated rings. The van der Waals surface area contributed by atoms with Crippen molar-refractivity contribution in [1.82, 2.24) is 24.8 Å². The summed E-state index contributed by atoms with van der Waals surface area (Å²) in [5.41, 5.74) is 0.767. The molecule has 0 radical (unpaired) electrons. The van der Waals surface area contributed by atoms with Gasteiger partial charge in [-0.1, -0.05) is 5.21 Å². The minimum absolute atomic E-state index is 0.0465. The number of anilines is 1. The average molecular weight is 430 g/mol. The van der Waals surface area contributed by atoms with Crippen LogP contribution in [0.5, 0.6) is 11.5 Å². The normalized spacial score (nSPS) is 15.6. The Labute approximate surface area is 177 Å². The lowest BCUT2D eigenvalue weighted by molar-refractivity contribution is -0.117. The van der Waals surface area contributed by atoms with Crippen LogP contribution in [-0.4, -0.2) is 89.2 Å². The fourth-order valence-electron chi connectivity index (χ4n) is 3.43. The van der Waals surface area contributed by atoms with E-state index in [9.17, 15) is 14.4 Å². The maximum absolute atomic E-state index is 12.6. The number of methoxy groups -OCH3 is 1. The maximum atomic E-state index is 12.6. The van der Waals surface area contributed by atoms with Gasteiger partial charge in [0.25, 0.3) is 5.91 Å². The molecule has 1 saturated heterocycles. The standard InChI is InChI=1S/C19H22N6O6/c1-23-9-14(21-22-23)18(27)25-5-3-24(4-6-25)10-17(26)20-13-8-16-15(30-11-31-16)7-12(13)19(28)29-2/h7-9H,3-6,10-11H2,1-2H3,(H,20,26). The van der Waals surface area contributed by atoms with Crippen molar-refractivity contribution in [2.75, 3.05) is 51.9 Å². The van der Waals surface area contributed by atoms with E-state index < -0.39 is 5.97 Å². The second-order valence-corrected chi connectivity index (χ2v) is 7.14. The molecule has 3 heterocycles. The Morgan fingerprint density at radius 3 is 2.48 bits per heavy atom. The molecule has 1 aromatic heterocycles. The van der Waals surface area contributed by atoms with E-state index in [0.29, 0.717) is 43.4 Å². The van der Waals surface area contributed by atoms with Crippen LogP contribution in [0.4, 0.5) is 5.69 Å². The molecule has 12 heteroatoms. The number of rotatable bonds is 5. The fraction of sp³-hybridized carbons (Fsp3) is 0.421. The van der Waals surface area contributed by atoms with Gasteiger partial charge in [0.1, 0.15) is 0 Å². The van der Waals surface area contributed by atoms with Gasteiger partial charge in [-0.05, 0) is 0 Å². The van der Waals surface area contributed by atoms with Crippen LogP contribution in [-0.2, 0) is 16.6 Å². The van der Waals surface area contributed by atoms with Crippen LogP contribution in [0.25, 0.3) is 0 Å². The molecule has 12 nitrogen and oxygen atoms in total. The largest absolute Gasteiger partial charge is 0.465 e. The van der Waals surface area contributed by atoms with Crippen LogP contribution in [0, 0.1) is 0 Å². The van der Waals surface area contributed by atoms with E-state index in [0.717, 1.165) is 0 Å². The molecule has 164 valence electrons. The van der Waals surface area contributed by atoms with Gasteiger partial charge in [0.2, 0.25) is 12.7 Å². The lowest BCUT2D eigenvalue weighted by Gasteiger charge is -2.33. The predicted octanol–water partition coefficient (Wildman–Crippen LogP) is -0.273. The number of aryl methyl sites for hydroxylation is 1. The molecule has 0 unspecified atom stereocenters. The van der Waals surface area contributed by atoms with Crippen molar-refractivity contribution in [3.8, 4) is 11.5 Å².